The number of nitrogens with zero attached hydrogens (tertiary/aromatic N) is 1. The van der Waals surface area contributed by atoms with Gasteiger partial charge in [-0.25, -0.2) is 4.85 Å². The Bertz CT molecular complexity index is 284. The number of rotatable bonds is 0. The molecule has 0 aromatic heterocycles. The quantitative estimate of drug-likeness (QED) is 0.425. The van der Waals surface area contributed by atoms with E-state index in [9.17, 15) is 0 Å². The lowest BCUT2D eigenvalue weighted by atomic mass is 10.2. The highest BCUT2D eigenvalue weighted by Gasteiger charge is 1.97. The molecule has 0 saturated heterocycles. The molecule has 0 aliphatic heterocycles. The van der Waals surface area contributed by atoms with Crippen LogP contribution in [-0.2, 0) is 0 Å². The summed E-state index contributed by atoms with van der Waals surface area (Å²) in [5.74, 6) is 0. The molecule has 1 rings (SSSR count). The van der Waals surface area contributed by atoms with E-state index in [1.54, 1.807) is 18.2 Å². The Kier molecular flexibility index (Phi) is 1.59. The van der Waals surface area contributed by atoms with Gasteiger partial charge in [-0.2, -0.15) is 0 Å². The highest BCUT2D eigenvalue weighted by atomic mass is 14.7. The minimum atomic E-state index is 0.639. The molecule has 0 aliphatic carbocycles. The van der Waals surface area contributed by atoms with Crippen LogP contribution >= 0.6 is 0 Å². The zero-order valence-corrected chi connectivity index (χ0v) is 5.76. The van der Waals surface area contributed by atoms with Gasteiger partial charge in [0.05, 0.1) is 6.57 Å². The second-order valence-corrected chi connectivity index (χ2v) is 2.10. The molecular formula is C8H8N2. The van der Waals surface area contributed by atoms with Crippen LogP contribution in [0.1, 0.15) is 5.56 Å². The van der Waals surface area contributed by atoms with Gasteiger partial charge in [0.2, 0.25) is 0 Å². The summed E-state index contributed by atoms with van der Waals surface area (Å²) in [7, 11) is 0. The molecule has 2 nitrogen and oxygen atoms in total. The Labute approximate surface area is 60.1 Å². The van der Waals surface area contributed by atoms with Gasteiger partial charge in [0, 0.05) is 5.69 Å². The summed E-state index contributed by atoms with van der Waals surface area (Å²) >= 11 is 0. The molecule has 1 aromatic rings. The van der Waals surface area contributed by atoms with E-state index in [1.807, 2.05) is 6.92 Å². The smallest absolute Gasteiger partial charge is 0.192 e. The third kappa shape index (κ3) is 0.939. The molecule has 0 radical (unpaired) electrons. The summed E-state index contributed by atoms with van der Waals surface area (Å²) in [5, 5.41) is 0. The van der Waals surface area contributed by atoms with Gasteiger partial charge in [-0.15, -0.1) is 0 Å². The highest BCUT2D eigenvalue weighted by molar-refractivity contribution is 5.63. The topological polar surface area (TPSA) is 30.4 Å². The molecule has 0 spiro atoms. The van der Waals surface area contributed by atoms with Crippen LogP contribution in [0.15, 0.2) is 18.2 Å². The standard InChI is InChI=1S/C8H8N2/c1-6-7(9)4-3-5-8(6)10-2/h3-5H,9H2,1H3. The molecule has 0 fully saturated rings. The van der Waals surface area contributed by atoms with Crippen molar-refractivity contribution in [1.82, 2.24) is 0 Å². The average molecular weight is 132 g/mol. The first-order chi connectivity index (χ1) is 4.75. The molecule has 0 amide bonds. The van der Waals surface area contributed by atoms with Gasteiger partial charge in [-0.05, 0) is 18.6 Å². The predicted molar refractivity (Wildman–Crippen MR) is 41.9 cm³/mol. The highest BCUT2D eigenvalue weighted by Crippen LogP contribution is 2.22. The van der Waals surface area contributed by atoms with Gasteiger partial charge in [-0.1, -0.05) is 12.1 Å². The van der Waals surface area contributed by atoms with Crippen LogP contribution in [0.4, 0.5) is 11.4 Å². The molecule has 0 unspecified atom stereocenters. The maximum absolute atomic E-state index is 6.75. The van der Waals surface area contributed by atoms with Gasteiger partial charge in [0.15, 0.2) is 5.69 Å². The molecule has 0 atom stereocenters. The van der Waals surface area contributed by atoms with Crippen LogP contribution < -0.4 is 5.73 Å². The number of nitrogens with two attached hydrogens (primary N) is 1. The SMILES string of the molecule is [C-]#[N+]c1cccc(N)c1C. The Hall–Kier alpha value is -1.49. The van der Waals surface area contributed by atoms with Gasteiger partial charge >= 0.3 is 0 Å². The Balaban J connectivity index is 3.31. The molecule has 0 heterocycles. The number of anilines is 1. The number of hydrogen-bond donors (Lipinski definition) is 1. The van der Waals surface area contributed by atoms with Crippen LogP contribution in [0, 0.1) is 13.5 Å². The summed E-state index contributed by atoms with van der Waals surface area (Å²) in [6.07, 6.45) is 0. The van der Waals surface area contributed by atoms with Gasteiger partial charge in [0.1, 0.15) is 0 Å². The van der Waals surface area contributed by atoms with E-state index < -0.39 is 0 Å². The fourth-order valence-electron chi connectivity index (χ4n) is 0.762. The minimum Gasteiger partial charge on any atom is -0.400 e. The second-order valence-electron chi connectivity index (χ2n) is 2.10. The van der Waals surface area contributed by atoms with Crippen molar-refractivity contribution >= 4 is 11.4 Å². The monoisotopic (exact) mass is 132 g/mol. The van der Waals surface area contributed by atoms with Crippen LogP contribution in [0.25, 0.3) is 4.85 Å². The zero-order valence-electron chi connectivity index (χ0n) is 5.76. The summed E-state index contributed by atoms with van der Waals surface area (Å²) in [6.45, 7) is 8.60. The number of benzene rings is 1. The van der Waals surface area contributed by atoms with Crippen LogP contribution in [0.2, 0.25) is 0 Å². The fourth-order valence-corrected chi connectivity index (χ4v) is 0.762. The van der Waals surface area contributed by atoms with E-state index in [-0.39, 0.29) is 0 Å². The second kappa shape index (κ2) is 2.40. The van der Waals surface area contributed by atoms with E-state index in [4.69, 9.17) is 12.3 Å². The lowest BCUT2D eigenvalue weighted by Gasteiger charge is -1.98. The summed E-state index contributed by atoms with van der Waals surface area (Å²) in [5.41, 5.74) is 7.75. The van der Waals surface area contributed by atoms with E-state index in [2.05, 4.69) is 4.85 Å². The fraction of sp³-hybridized carbons (Fsp3) is 0.125. The van der Waals surface area contributed by atoms with E-state index in [0.29, 0.717) is 11.4 Å². The largest absolute Gasteiger partial charge is 0.400 e. The number of hydrogen-bond acceptors (Lipinski definition) is 1. The molecule has 10 heavy (non-hydrogen) atoms. The van der Waals surface area contributed by atoms with Crippen molar-refractivity contribution in [3.63, 3.8) is 0 Å². The van der Waals surface area contributed by atoms with Crippen LogP contribution in [-0.4, -0.2) is 0 Å². The first-order valence-corrected chi connectivity index (χ1v) is 2.98. The molecular weight excluding hydrogens is 124 g/mol. The third-order valence-corrected chi connectivity index (χ3v) is 1.47. The summed E-state index contributed by atoms with van der Waals surface area (Å²) in [6, 6.07) is 5.35. The Morgan fingerprint density at radius 2 is 2.20 bits per heavy atom. The maximum atomic E-state index is 6.75. The Morgan fingerprint density at radius 3 is 2.70 bits per heavy atom. The van der Waals surface area contributed by atoms with Gasteiger partial charge < -0.3 is 5.73 Å². The van der Waals surface area contributed by atoms with Crippen molar-refractivity contribution in [2.45, 2.75) is 6.92 Å². The lowest BCUT2D eigenvalue weighted by Crippen LogP contribution is -1.87. The van der Waals surface area contributed by atoms with E-state index in [0.717, 1.165) is 5.56 Å². The molecule has 0 saturated carbocycles. The van der Waals surface area contributed by atoms with Crippen molar-refractivity contribution in [2.75, 3.05) is 5.73 Å². The van der Waals surface area contributed by atoms with Gasteiger partial charge in [0.25, 0.3) is 0 Å². The summed E-state index contributed by atoms with van der Waals surface area (Å²) in [4.78, 5) is 3.30. The normalized spacial score (nSPS) is 8.80. The molecule has 2 heteroatoms. The van der Waals surface area contributed by atoms with E-state index in [1.165, 1.54) is 0 Å². The van der Waals surface area contributed by atoms with Gasteiger partial charge in [-0.3, -0.25) is 0 Å². The van der Waals surface area contributed by atoms with Crippen molar-refractivity contribution in [3.05, 3.63) is 35.2 Å². The van der Waals surface area contributed by atoms with Crippen molar-refractivity contribution in [2.24, 2.45) is 0 Å². The number of nitrogen functional groups attached to an aromatic ring is 1. The first-order valence-electron chi connectivity index (χ1n) is 2.98. The average Bonchev–Trinajstić information content (AvgIpc) is 1.95. The Morgan fingerprint density at radius 1 is 1.50 bits per heavy atom. The predicted octanol–water partition coefficient (Wildman–Crippen LogP) is 2.13. The maximum Gasteiger partial charge on any atom is 0.192 e. The molecule has 1 aromatic carbocycles. The minimum absolute atomic E-state index is 0.639. The van der Waals surface area contributed by atoms with Crippen LogP contribution in [0.3, 0.4) is 0 Å². The zero-order chi connectivity index (χ0) is 7.56. The summed E-state index contributed by atoms with van der Waals surface area (Å²) < 4.78 is 0. The molecule has 0 bridgehead atoms. The van der Waals surface area contributed by atoms with Crippen LogP contribution in [0.5, 0.6) is 0 Å². The van der Waals surface area contributed by atoms with Crippen molar-refractivity contribution < 1.29 is 0 Å². The lowest BCUT2D eigenvalue weighted by molar-refractivity contribution is 1.49. The molecule has 50 valence electrons. The van der Waals surface area contributed by atoms with Crippen molar-refractivity contribution in [3.8, 4) is 0 Å². The molecule has 0 aliphatic rings. The first kappa shape index (κ1) is 6.63. The van der Waals surface area contributed by atoms with Crippen molar-refractivity contribution in [1.29, 1.82) is 0 Å². The van der Waals surface area contributed by atoms with E-state index >= 15 is 0 Å². The molecule has 2 N–H and O–H groups in total. The third-order valence-electron chi connectivity index (χ3n) is 1.47.